The molecule has 0 bridgehead atoms. The molecule has 0 aliphatic rings. The lowest BCUT2D eigenvalue weighted by molar-refractivity contribution is 1.14. The summed E-state index contributed by atoms with van der Waals surface area (Å²) in [6.07, 6.45) is 20.6. The lowest BCUT2D eigenvalue weighted by Gasteiger charge is -2.09. The molecule has 15 heteroatoms. The summed E-state index contributed by atoms with van der Waals surface area (Å²) in [5.74, 6) is 0. The molecule has 0 N–H and O–H groups in total. The van der Waals surface area contributed by atoms with E-state index in [0.717, 1.165) is 168 Å². The molecule has 131 heavy (non-hydrogen) atoms. The molecule has 0 saturated carbocycles. The summed E-state index contributed by atoms with van der Waals surface area (Å²) in [6, 6.07) is 130. The molecule has 0 saturated heterocycles. The largest absolute Gasteiger partial charge is 0.308 e. The minimum absolute atomic E-state index is 0.848. The first-order valence-electron chi connectivity index (χ1n) is 43.5. The van der Waals surface area contributed by atoms with E-state index in [9.17, 15) is 0 Å². The number of pyridine rings is 12. The van der Waals surface area contributed by atoms with Gasteiger partial charge >= 0.3 is 0 Å². The molecule has 0 fully saturated rings. The van der Waals surface area contributed by atoms with Gasteiger partial charge in [-0.2, -0.15) is 0 Å². The van der Waals surface area contributed by atoms with Gasteiger partial charge in [0.05, 0.1) is 143 Å². The summed E-state index contributed by atoms with van der Waals surface area (Å²) in [5, 5.41) is 17.9. The van der Waals surface area contributed by atoms with Crippen molar-refractivity contribution in [2.75, 3.05) is 0 Å². The third-order valence-electron chi connectivity index (χ3n) is 24.7. The smallest absolute Gasteiger partial charge is 0.0887 e. The predicted octanol–water partition coefficient (Wildman–Crippen LogP) is 27.9. The Labute approximate surface area is 751 Å². The van der Waals surface area contributed by atoms with E-state index in [-0.39, 0.29) is 0 Å². The van der Waals surface area contributed by atoms with Crippen LogP contribution in [0.5, 0.6) is 0 Å². The van der Waals surface area contributed by atoms with Gasteiger partial charge in [-0.25, -0.2) is 4.98 Å². The van der Waals surface area contributed by atoms with Gasteiger partial charge in [0.25, 0.3) is 0 Å². The highest BCUT2D eigenvalue weighted by molar-refractivity contribution is 6.24. The first-order valence-corrected chi connectivity index (χ1v) is 43.5. The molecule has 26 rings (SSSR count). The Hall–Kier alpha value is -18.1. The normalized spacial score (nSPS) is 11.5. The van der Waals surface area contributed by atoms with Crippen LogP contribution in [0.3, 0.4) is 0 Å². The van der Waals surface area contributed by atoms with Crippen molar-refractivity contribution in [2.45, 2.75) is 0 Å². The van der Waals surface area contributed by atoms with Gasteiger partial charge in [-0.1, -0.05) is 188 Å². The fourth-order valence-electron chi connectivity index (χ4n) is 18.5. The monoisotopic (exact) mass is 1680 g/mol. The highest BCUT2D eigenvalue weighted by Gasteiger charge is 2.23. The zero-order valence-electron chi connectivity index (χ0n) is 70.4. The molecule has 0 radical (unpaired) electrons. The number of fused-ring (bicyclic) bond motifs is 17. The average molecular weight is 1680 g/mol. The topological polar surface area (TPSA) is 169 Å². The van der Waals surface area contributed by atoms with Crippen LogP contribution < -0.4 is 0 Å². The van der Waals surface area contributed by atoms with E-state index < -0.39 is 0 Å². The fraction of sp³-hybridized carbons (Fsp3) is 0. The first-order chi connectivity index (χ1) is 64.9. The second-order valence-electron chi connectivity index (χ2n) is 32.4. The van der Waals surface area contributed by atoms with Crippen molar-refractivity contribution in [3.8, 4) is 119 Å². The van der Waals surface area contributed by atoms with E-state index in [2.05, 4.69) is 293 Å². The number of nitrogens with zero attached hydrogens (tertiary/aromatic N) is 15. The van der Waals surface area contributed by atoms with E-state index in [1.165, 1.54) is 70.0 Å². The summed E-state index contributed by atoms with van der Waals surface area (Å²) < 4.78 is 6.91. The Morgan fingerprint density at radius 3 is 0.878 bits per heavy atom. The van der Waals surface area contributed by atoms with Gasteiger partial charge in [0, 0.05) is 120 Å². The maximum absolute atomic E-state index is 4.92. The number of benzene rings is 11. The van der Waals surface area contributed by atoms with Gasteiger partial charge in [-0.15, -0.1) is 0 Å². The van der Waals surface area contributed by atoms with Crippen LogP contribution in [0.2, 0.25) is 0 Å². The summed E-state index contributed by atoms with van der Waals surface area (Å²) in [5.41, 5.74) is 27.6. The Morgan fingerprint density at radius 2 is 0.473 bits per heavy atom. The van der Waals surface area contributed by atoms with Gasteiger partial charge < -0.3 is 13.7 Å². The van der Waals surface area contributed by atoms with Gasteiger partial charge in [-0.05, 0) is 231 Å². The number of para-hydroxylation sites is 1. The van der Waals surface area contributed by atoms with Crippen LogP contribution >= 0.6 is 0 Å². The second-order valence-corrected chi connectivity index (χ2v) is 32.4. The number of aromatic nitrogens is 15. The van der Waals surface area contributed by atoms with Crippen LogP contribution in [0.4, 0.5) is 0 Å². The molecule has 15 nitrogen and oxygen atoms in total. The van der Waals surface area contributed by atoms with Gasteiger partial charge in [0.15, 0.2) is 0 Å². The van der Waals surface area contributed by atoms with E-state index in [1.54, 1.807) is 24.8 Å². The van der Waals surface area contributed by atoms with Crippen LogP contribution in [0.15, 0.2) is 444 Å². The molecule has 612 valence electrons. The lowest BCUT2D eigenvalue weighted by Crippen LogP contribution is -1.96. The Morgan fingerprint density at radius 1 is 0.160 bits per heavy atom. The summed E-state index contributed by atoms with van der Waals surface area (Å²) in [4.78, 5) is 56.3. The van der Waals surface area contributed by atoms with Crippen molar-refractivity contribution in [3.63, 3.8) is 0 Å². The number of hydrogen-bond acceptors (Lipinski definition) is 12. The maximum Gasteiger partial charge on any atom is 0.0887 e. The van der Waals surface area contributed by atoms with Gasteiger partial charge in [-0.3, -0.25) is 54.8 Å². The molecular weight excluding hydrogens is 1600 g/mol. The molecular formula is C116H73N15. The molecule has 15 heterocycles. The first kappa shape index (κ1) is 76.6. The SMILES string of the molecule is c1ccc(-c2ccc(-c3ccc4c(c3)c3c5ccccc5ccc3n4-c3ccc(-c4ccccn4)nc3)cn2)nc1.c1ccc(-c2ccc(-n3c4ccc(-c5ccc(-c6ccc7ccccc7n6)cn5)cc4c4c5ccccc5ccc43)cn2)nc1.c1ccc(-c2ccc(-n3c4ccc(-c5ccc(-c6nccc7ccccc67)cn5)cc4c4c5ccccc5ccc43)cn2)nc1. The lowest BCUT2D eigenvalue weighted by atomic mass is 10.0. The minimum Gasteiger partial charge on any atom is -0.308 e. The van der Waals surface area contributed by atoms with Crippen molar-refractivity contribution in [1.29, 1.82) is 0 Å². The Kier molecular flexibility index (Phi) is 19.2. The zero-order valence-corrected chi connectivity index (χ0v) is 70.4. The zero-order chi connectivity index (χ0) is 86.7. The average Bonchev–Trinajstić information content (AvgIpc) is 1.58. The molecule has 26 aromatic rings. The van der Waals surface area contributed by atoms with E-state index >= 15 is 0 Å². The minimum atomic E-state index is 0.848. The van der Waals surface area contributed by atoms with Gasteiger partial charge in [0.1, 0.15) is 0 Å². The van der Waals surface area contributed by atoms with Crippen molar-refractivity contribution >= 4 is 119 Å². The maximum atomic E-state index is 4.92. The summed E-state index contributed by atoms with van der Waals surface area (Å²) in [7, 11) is 0. The molecule has 0 amide bonds. The second kappa shape index (κ2) is 32.8. The fourth-order valence-corrected chi connectivity index (χ4v) is 18.5. The summed E-state index contributed by atoms with van der Waals surface area (Å²) in [6.45, 7) is 0. The van der Waals surface area contributed by atoms with Crippen LogP contribution in [-0.4, -0.2) is 73.5 Å². The van der Waals surface area contributed by atoms with Crippen molar-refractivity contribution in [1.82, 2.24) is 73.5 Å². The standard InChI is InChI=1S/2C40H25N5.C36H23N5/c1-3-9-31-26(7-1)14-21-39-40(31)32-23-28(33-17-13-29(24-42-33)35-18-12-27-8-2-4-10-34(27)44-35)15-20-38(32)45(39)30-16-19-37(43-25-30)36-11-5-6-22-41-36;1-3-9-31-26(7-1)13-19-38-39(31)33-23-28(34-16-12-29(24-43-34)40-32-10-4-2-8-27(32)20-22-42-40)14-18-37(33)45(38)30-15-17-36(44-25-30)35-11-5-6-21-41-35;1-2-8-28-24(7-1)12-18-35-36(28)29-21-25(26-11-15-32(39-22-26)30-9-3-5-19-37-30)13-17-34(29)41(35)27-14-16-33(40-23-27)31-10-4-6-20-38-31/h2*1-25H;1-23H. The van der Waals surface area contributed by atoms with E-state index in [4.69, 9.17) is 34.9 Å². The summed E-state index contributed by atoms with van der Waals surface area (Å²) >= 11 is 0. The molecule has 0 aliphatic carbocycles. The van der Waals surface area contributed by atoms with Crippen LogP contribution in [0.1, 0.15) is 0 Å². The Balaban J connectivity index is 0.000000109. The number of rotatable bonds is 12. The molecule has 0 aliphatic heterocycles. The van der Waals surface area contributed by atoms with Crippen LogP contribution in [-0.2, 0) is 0 Å². The molecule has 0 spiro atoms. The molecule has 0 atom stereocenters. The predicted molar refractivity (Wildman–Crippen MR) is 532 cm³/mol. The molecule has 0 unspecified atom stereocenters. The van der Waals surface area contributed by atoms with Gasteiger partial charge in [0.2, 0.25) is 0 Å². The van der Waals surface area contributed by atoms with E-state index in [1.807, 2.05) is 165 Å². The van der Waals surface area contributed by atoms with Crippen LogP contribution in [0.25, 0.3) is 238 Å². The molecule has 11 aromatic carbocycles. The third kappa shape index (κ3) is 14.1. The van der Waals surface area contributed by atoms with Crippen molar-refractivity contribution in [2.24, 2.45) is 0 Å². The number of hydrogen-bond donors (Lipinski definition) is 0. The quantitative estimate of drug-likeness (QED) is 0.114. The van der Waals surface area contributed by atoms with Crippen molar-refractivity contribution in [3.05, 3.63) is 444 Å². The van der Waals surface area contributed by atoms with Crippen molar-refractivity contribution < 1.29 is 0 Å². The third-order valence-corrected chi connectivity index (χ3v) is 24.7. The molecule has 15 aromatic heterocycles. The van der Waals surface area contributed by atoms with E-state index in [0.29, 0.717) is 0 Å². The highest BCUT2D eigenvalue weighted by atomic mass is 15.0. The van der Waals surface area contributed by atoms with Crippen LogP contribution in [0, 0.1) is 0 Å². The Bertz CT molecular complexity index is 8830. The highest BCUT2D eigenvalue weighted by Crippen LogP contribution is 2.44.